The zero-order chi connectivity index (χ0) is 20.7. The maximum Gasteiger partial charge on any atom is 0.337 e. The number of rotatable bonds is 2. The van der Waals surface area contributed by atoms with Gasteiger partial charge < -0.3 is 15.0 Å². The predicted molar refractivity (Wildman–Crippen MR) is 123 cm³/mol. The molecule has 1 aromatic rings. The fourth-order valence-corrected chi connectivity index (χ4v) is 6.53. The molecule has 6 heteroatoms. The molecule has 0 aromatic heterocycles. The average molecular weight is 426 g/mol. The van der Waals surface area contributed by atoms with E-state index in [1.807, 2.05) is 12.1 Å². The zero-order valence-corrected chi connectivity index (χ0v) is 18.5. The number of benzene rings is 1. The molecule has 0 spiro atoms. The molecule has 3 fully saturated rings. The van der Waals surface area contributed by atoms with Crippen LogP contribution in [0.3, 0.4) is 0 Å². The fraction of sp³-hybridized carbons (Fsp3) is 0.583. The summed E-state index contributed by atoms with van der Waals surface area (Å²) in [6.45, 7) is 3.50. The summed E-state index contributed by atoms with van der Waals surface area (Å²) >= 11 is 5.88. The average Bonchev–Trinajstić information content (AvgIpc) is 2.78. The largest absolute Gasteiger partial charge is 0.465 e. The van der Waals surface area contributed by atoms with Crippen LogP contribution in [-0.2, 0) is 4.74 Å². The lowest BCUT2D eigenvalue weighted by Crippen LogP contribution is -2.60. The molecule has 1 aliphatic carbocycles. The summed E-state index contributed by atoms with van der Waals surface area (Å²) in [5.74, 6) is 1.09. The van der Waals surface area contributed by atoms with Crippen LogP contribution >= 0.6 is 12.2 Å². The maximum atomic E-state index is 11.7. The van der Waals surface area contributed by atoms with E-state index in [0.29, 0.717) is 17.5 Å². The van der Waals surface area contributed by atoms with Crippen LogP contribution in [-0.4, -0.2) is 59.7 Å². The molecule has 2 bridgehead atoms. The molecule has 0 saturated carbocycles. The van der Waals surface area contributed by atoms with Gasteiger partial charge in [0.25, 0.3) is 0 Å². The minimum atomic E-state index is -0.319. The number of hydrogen-bond acceptors (Lipinski definition) is 4. The van der Waals surface area contributed by atoms with Gasteiger partial charge in [0.15, 0.2) is 5.11 Å². The minimum Gasteiger partial charge on any atom is -0.465 e. The Balaban J connectivity index is 1.33. The number of piperidine rings is 3. The Bertz CT molecular complexity index is 853. The first-order valence-corrected chi connectivity index (χ1v) is 11.8. The maximum absolute atomic E-state index is 11.7. The van der Waals surface area contributed by atoms with Gasteiger partial charge in [0.05, 0.1) is 18.7 Å². The Morgan fingerprint density at radius 1 is 1.17 bits per heavy atom. The molecule has 0 amide bonds. The van der Waals surface area contributed by atoms with E-state index in [-0.39, 0.29) is 5.97 Å². The van der Waals surface area contributed by atoms with Crippen LogP contribution in [0.4, 0.5) is 5.69 Å². The van der Waals surface area contributed by atoms with Crippen molar-refractivity contribution in [3.63, 3.8) is 0 Å². The van der Waals surface area contributed by atoms with Crippen molar-refractivity contribution in [1.82, 2.24) is 9.80 Å². The Morgan fingerprint density at radius 2 is 2.00 bits per heavy atom. The number of carbonyl (C=O) groups is 1. The van der Waals surface area contributed by atoms with Crippen molar-refractivity contribution >= 4 is 29.0 Å². The van der Waals surface area contributed by atoms with Gasteiger partial charge in [0.1, 0.15) is 0 Å². The Labute approximate surface area is 184 Å². The van der Waals surface area contributed by atoms with E-state index in [1.165, 1.54) is 58.7 Å². The number of thiocarbonyl (C=S) groups is 1. The molecule has 1 aromatic carbocycles. The van der Waals surface area contributed by atoms with Crippen molar-refractivity contribution in [3.05, 3.63) is 41.5 Å². The predicted octanol–water partition coefficient (Wildman–Crippen LogP) is 4.07. The van der Waals surface area contributed by atoms with Crippen molar-refractivity contribution in [1.29, 1.82) is 0 Å². The molecule has 0 unspecified atom stereocenters. The topological polar surface area (TPSA) is 44.8 Å². The fourth-order valence-electron chi connectivity index (χ4n) is 6.20. The lowest BCUT2D eigenvalue weighted by molar-refractivity contribution is 0.0132. The van der Waals surface area contributed by atoms with Gasteiger partial charge >= 0.3 is 5.97 Å². The summed E-state index contributed by atoms with van der Waals surface area (Å²) in [5, 5.41) is 4.22. The van der Waals surface area contributed by atoms with Gasteiger partial charge in [-0.15, -0.1) is 0 Å². The number of likely N-dealkylation sites (tertiary alicyclic amines) is 1. The van der Waals surface area contributed by atoms with E-state index in [0.717, 1.165) is 29.3 Å². The molecule has 3 saturated heterocycles. The number of carbonyl (C=O) groups excluding carboxylic acids is 1. The Kier molecular flexibility index (Phi) is 5.54. The number of nitrogens with zero attached hydrogens (tertiary/aromatic N) is 2. The summed E-state index contributed by atoms with van der Waals surface area (Å²) in [6.07, 6.45) is 10.4. The van der Waals surface area contributed by atoms with Crippen LogP contribution in [0.1, 0.15) is 48.9 Å². The zero-order valence-electron chi connectivity index (χ0n) is 17.7. The normalized spacial score (nSPS) is 30.6. The van der Waals surface area contributed by atoms with Crippen molar-refractivity contribution in [2.75, 3.05) is 32.1 Å². The summed E-state index contributed by atoms with van der Waals surface area (Å²) in [4.78, 5) is 16.9. The van der Waals surface area contributed by atoms with E-state index in [9.17, 15) is 4.79 Å². The number of fused-ring (bicyclic) bond motifs is 6. The quantitative estimate of drug-likeness (QED) is 0.438. The van der Waals surface area contributed by atoms with Gasteiger partial charge in [-0.1, -0.05) is 18.1 Å². The number of esters is 1. The third-order valence-corrected chi connectivity index (χ3v) is 7.81. The molecule has 30 heavy (non-hydrogen) atoms. The Hall–Kier alpha value is -1.92. The molecular weight excluding hydrogens is 394 g/mol. The second-order valence-electron chi connectivity index (χ2n) is 9.20. The van der Waals surface area contributed by atoms with Crippen molar-refractivity contribution in [2.24, 2.45) is 11.8 Å². The number of nitrogens with one attached hydrogen (secondary N) is 1. The first kappa shape index (κ1) is 20.0. The summed E-state index contributed by atoms with van der Waals surface area (Å²) in [6, 6.07) is 8.57. The second-order valence-corrected chi connectivity index (χ2v) is 9.59. The molecule has 5 nitrogen and oxygen atoms in total. The van der Waals surface area contributed by atoms with E-state index in [4.69, 9.17) is 17.0 Å². The van der Waals surface area contributed by atoms with Crippen LogP contribution in [0.25, 0.3) is 0 Å². The van der Waals surface area contributed by atoms with Crippen LogP contribution in [0.2, 0.25) is 0 Å². The molecule has 3 aliphatic heterocycles. The highest BCUT2D eigenvalue weighted by Crippen LogP contribution is 2.45. The SMILES string of the molecule is COC(=O)c1ccc(NC(=S)N2CCCC3=C[C@@H]4C[C@@H](CN5CCCC[C@H]45)[C@@H]32)cc1. The molecule has 0 radical (unpaired) electrons. The number of hydrogen-bond donors (Lipinski definition) is 1. The van der Waals surface area contributed by atoms with Gasteiger partial charge in [0, 0.05) is 24.8 Å². The highest BCUT2D eigenvalue weighted by molar-refractivity contribution is 7.80. The first-order chi connectivity index (χ1) is 14.6. The lowest BCUT2D eigenvalue weighted by atomic mass is 9.68. The molecule has 4 atom stereocenters. The van der Waals surface area contributed by atoms with Crippen LogP contribution < -0.4 is 5.32 Å². The van der Waals surface area contributed by atoms with Gasteiger partial charge in [0.2, 0.25) is 0 Å². The van der Waals surface area contributed by atoms with Crippen LogP contribution in [0.5, 0.6) is 0 Å². The minimum absolute atomic E-state index is 0.319. The molecule has 4 aliphatic rings. The number of methoxy groups -OCH3 is 1. The molecule has 160 valence electrons. The number of anilines is 1. The van der Waals surface area contributed by atoms with E-state index < -0.39 is 0 Å². The van der Waals surface area contributed by atoms with Gasteiger partial charge in [-0.05, 0) is 87.0 Å². The van der Waals surface area contributed by atoms with Crippen LogP contribution in [0.15, 0.2) is 35.9 Å². The Morgan fingerprint density at radius 3 is 2.80 bits per heavy atom. The lowest BCUT2D eigenvalue weighted by Gasteiger charge is -2.55. The van der Waals surface area contributed by atoms with E-state index in [2.05, 4.69) is 21.2 Å². The van der Waals surface area contributed by atoms with E-state index in [1.54, 1.807) is 17.7 Å². The van der Waals surface area contributed by atoms with Crippen molar-refractivity contribution < 1.29 is 9.53 Å². The monoisotopic (exact) mass is 425 g/mol. The highest BCUT2D eigenvalue weighted by Gasteiger charge is 2.46. The van der Waals surface area contributed by atoms with Crippen molar-refractivity contribution in [3.8, 4) is 0 Å². The van der Waals surface area contributed by atoms with Gasteiger partial charge in [-0.25, -0.2) is 4.79 Å². The smallest absolute Gasteiger partial charge is 0.337 e. The number of ether oxygens (including phenoxy) is 1. The molecular formula is C24H31N3O2S. The summed E-state index contributed by atoms with van der Waals surface area (Å²) in [7, 11) is 1.40. The third-order valence-electron chi connectivity index (χ3n) is 7.48. The van der Waals surface area contributed by atoms with Crippen molar-refractivity contribution in [2.45, 2.75) is 50.6 Å². The summed E-state index contributed by atoms with van der Waals surface area (Å²) in [5.41, 5.74) is 3.09. The highest BCUT2D eigenvalue weighted by atomic mass is 32.1. The van der Waals surface area contributed by atoms with E-state index >= 15 is 0 Å². The molecule has 1 N–H and O–H groups in total. The standard InChI is InChI=1S/C24H31N3O2S/c1-29-23(28)16-7-9-20(10-8-16)25-24(30)27-12-4-5-17-13-18-14-19(22(17)27)15-26-11-3-2-6-21(18)26/h7-10,13,18-19,21-22H,2-6,11-12,14-15H2,1H3,(H,25,30)/t18-,19+,21-,22-/m1/s1. The molecule has 3 heterocycles. The third kappa shape index (κ3) is 3.65. The summed E-state index contributed by atoms with van der Waals surface area (Å²) < 4.78 is 4.78. The first-order valence-electron chi connectivity index (χ1n) is 11.3. The second kappa shape index (κ2) is 8.31. The van der Waals surface area contributed by atoms with Gasteiger partial charge in [-0.2, -0.15) is 0 Å². The van der Waals surface area contributed by atoms with Crippen LogP contribution in [0, 0.1) is 11.8 Å². The van der Waals surface area contributed by atoms with Gasteiger partial charge in [-0.3, -0.25) is 4.90 Å². The molecule has 5 rings (SSSR count).